The molecular formula is C23H20F3N3O2. The van der Waals surface area contributed by atoms with Gasteiger partial charge in [0, 0.05) is 24.2 Å². The molecule has 1 fully saturated rings. The second-order valence-corrected chi connectivity index (χ2v) is 8.12. The number of aliphatic hydroxyl groups is 1. The standard InChI is InChI=1S/C23H20F3N3O2/c24-14-3-1-12(2-4-14)19(7-8-30)27-23(31)21-17-10-13-9-16(13)22(17)29(28-21)20-6-5-15(25)11-18(20)26/h1-6,11,13,16,19,30H,7-10H2,(H,27,31)/t13-,16-,19-/m0/s1. The average molecular weight is 427 g/mol. The molecule has 0 aliphatic heterocycles. The third-order valence-electron chi connectivity index (χ3n) is 6.11. The molecule has 5 nitrogen and oxygen atoms in total. The zero-order valence-electron chi connectivity index (χ0n) is 16.5. The minimum Gasteiger partial charge on any atom is -0.396 e. The smallest absolute Gasteiger partial charge is 0.272 e. The van der Waals surface area contributed by atoms with Gasteiger partial charge in [-0.15, -0.1) is 0 Å². The number of aliphatic hydroxyl groups excluding tert-OH is 1. The number of aromatic nitrogens is 2. The Labute approximate surface area is 176 Å². The van der Waals surface area contributed by atoms with E-state index in [9.17, 15) is 23.1 Å². The first-order chi connectivity index (χ1) is 15.0. The van der Waals surface area contributed by atoms with Crippen molar-refractivity contribution in [1.29, 1.82) is 0 Å². The highest BCUT2D eigenvalue weighted by molar-refractivity contribution is 5.94. The number of amides is 1. The van der Waals surface area contributed by atoms with E-state index < -0.39 is 29.4 Å². The molecule has 2 aliphatic rings. The number of nitrogens with zero attached hydrogens (tertiary/aromatic N) is 2. The van der Waals surface area contributed by atoms with Crippen LogP contribution >= 0.6 is 0 Å². The number of nitrogens with one attached hydrogen (secondary N) is 1. The highest BCUT2D eigenvalue weighted by atomic mass is 19.1. The third-order valence-corrected chi connectivity index (χ3v) is 6.11. The van der Waals surface area contributed by atoms with Crippen molar-refractivity contribution in [1.82, 2.24) is 15.1 Å². The largest absolute Gasteiger partial charge is 0.396 e. The number of hydrogen-bond donors (Lipinski definition) is 2. The first-order valence-corrected chi connectivity index (χ1v) is 10.2. The number of rotatable bonds is 6. The summed E-state index contributed by atoms with van der Waals surface area (Å²) in [6, 6.07) is 8.46. The molecule has 1 saturated carbocycles. The SMILES string of the molecule is O=C(N[C@@H](CCO)c1ccc(F)cc1)c1nn(-c2ccc(F)cc2F)c2c1C[C@@H]1C[C@H]21. The van der Waals surface area contributed by atoms with Gasteiger partial charge in [-0.1, -0.05) is 12.1 Å². The summed E-state index contributed by atoms with van der Waals surface area (Å²) >= 11 is 0. The lowest BCUT2D eigenvalue weighted by Gasteiger charge is -2.18. The Bertz CT molecular complexity index is 1160. The molecular weight excluding hydrogens is 407 g/mol. The minimum atomic E-state index is -0.745. The van der Waals surface area contributed by atoms with Crippen molar-refractivity contribution >= 4 is 5.91 Å². The molecule has 2 N–H and O–H groups in total. The van der Waals surface area contributed by atoms with Crippen LogP contribution in [0.5, 0.6) is 0 Å². The summed E-state index contributed by atoms with van der Waals surface area (Å²) in [5.74, 6) is -1.63. The van der Waals surface area contributed by atoms with E-state index in [1.54, 1.807) is 12.1 Å². The van der Waals surface area contributed by atoms with Crippen molar-refractivity contribution in [3.05, 3.63) is 82.4 Å². The summed E-state index contributed by atoms with van der Waals surface area (Å²) < 4.78 is 42.5. The molecule has 31 heavy (non-hydrogen) atoms. The van der Waals surface area contributed by atoms with Gasteiger partial charge in [-0.05, 0) is 55.0 Å². The lowest BCUT2D eigenvalue weighted by Crippen LogP contribution is -2.30. The van der Waals surface area contributed by atoms with Gasteiger partial charge >= 0.3 is 0 Å². The normalized spacial score (nSPS) is 19.6. The summed E-state index contributed by atoms with van der Waals surface area (Å²) in [7, 11) is 0. The van der Waals surface area contributed by atoms with E-state index in [2.05, 4.69) is 10.4 Å². The van der Waals surface area contributed by atoms with Gasteiger partial charge in [-0.2, -0.15) is 5.10 Å². The Balaban J connectivity index is 1.49. The fraction of sp³-hybridized carbons (Fsp3) is 0.304. The van der Waals surface area contributed by atoms with E-state index >= 15 is 0 Å². The topological polar surface area (TPSA) is 67.2 Å². The molecule has 0 bridgehead atoms. The van der Waals surface area contributed by atoms with Crippen molar-refractivity contribution in [3.8, 4) is 5.69 Å². The highest BCUT2D eigenvalue weighted by Gasteiger charge is 2.50. The van der Waals surface area contributed by atoms with Crippen LogP contribution in [0.2, 0.25) is 0 Å². The van der Waals surface area contributed by atoms with Gasteiger partial charge in [0.15, 0.2) is 11.5 Å². The van der Waals surface area contributed by atoms with Gasteiger partial charge in [0.05, 0.1) is 11.7 Å². The molecule has 2 aromatic carbocycles. The maximum Gasteiger partial charge on any atom is 0.272 e. The summed E-state index contributed by atoms with van der Waals surface area (Å²) in [6.45, 7) is -0.167. The molecule has 1 aromatic heterocycles. The molecule has 8 heteroatoms. The van der Waals surface area contributed by atoms with Crippen LogP contribution in [0, 0.1) is 23.4 Å². The van der Waals surface area contributed by atoms with E-state index in [0.717, 1.165) is 29.8 Å². The zero-order valence-corrected chi connectivity index (χ0v) is 16.5. The van der Waals surface area contributed by atoms with Crippen LogP contribution in [-0.2, 0) is 6.42 Å². The van der Waals surface area contributed by atoms with Gasteiger partial charge in [0.25, 0.3) is 5.91 Å². The van der Waals surface area contributed by atoms with Crippen molar-refractivity contribution in [3.63, 3.8) is 0 Å². The van der Waals surface area contributed by atoms with Crippen LogP contribution in [0.4, 0.5) is 13.2 Å². The number of carbonyl (C=O) groups excluding carboxylic acids is 1. The van der Waals surface area contributed by atoms with Gasteiger partial charge in [-0.25, -0.2) is 17.9 Å². The van der Waals surface area contributed by atoms with E-state index in [4.69, 9.17) is 0 Å². The van der Waals surface area contributed by atoms with E-state index in [1.165, 1.54) is 22.9 Å². The minimum absolute atomic E-state index is 0.106. The molecule has 0 unspecified atom stereocenters. The molecule has 3 aromatic rings. The molecule has 0 saturated heterocycles. The van der Waals surface area contributed by atoms with Crippen molar-refractivity contribution in [2.24, 2.45) is 5.92 Å². The van der Waals surface area contributed by atoms with Crippen LogP contribution in [0.3, 0.4) is 0 Å². The summed E-state index contributed by atoms with van der Waals surface area (Å²) in [5.41, 5.74) is 2.56. The van der Waals surface area contributed by atoms with Crippen LogP contribution in [0.25, 0.3) is 5.69 Å². The molecule has 3 atom stereocenters. The molecule has 0 spiro atoms. The Kier molecular flexibility index (Phi) is 4.81. The number of benzene rings is 2. The quantitative estimate of drug-likeness (QED) is 0.629. The van der Waals surface area contributed by atoms with Crippen LogP contribution < -0.4 is 5.32 Å². The van der Waals surface area contributed by atoms with E-state index in [-0.39, 0.29) is 30.3 Å². The lowest BCUT2D eigenvalue weighted by molar-refractivity contribution is 0.0923. The van der Waals surface area contributed by atoms with Crippen LogP contribution in [0.1, 0.15) is 52.1 Å². The fourth-order valence-electron chi connectivity index (χ4n) is 4.51. The molecule has 5 rings (SSSR count). The number of carbonyl (C=O) groups is 1. The second kappa shape index (κ2) is 7.53. The first-order valence-electron chi connectivity index (χ1n) is 10.2. The Hall–Kier alpha value is -3.13. The summed E-state index contributed by atoms with van der Waals surface area (Å²) in [5, 5.41) is 16.7. The van der Waals surface area contributed by atoms with E-state index in [0.29, 0.717) is 17.9 Å². The maximum atomic E-state index is 14.5. The molecule has 160 valence electrons. The summed E-state index contributed by atoms with van der Waals surface area (Å²) in [4.78, 5) is 13.1. The predicted octanol–water partition coefficient (Wildman–Crippen LogP) is 3.80. The van der Waals surface area contributed by atoms with E-state index in [1.807, 2.05) is 0 Å². The second-order valence-electron chi connectivity index (χ2n) is 8.12. The predicted molar refractivity (Wildman–Crippen MR) is 106 cm³/mol. The third kappa shape index (κ3) is 3.50. The maximum absolute atomic E-state index is 14.5. The van der Waals surface area contributed by atoms with Crippen LogP contribution in [-0.4, -0.2) is 27.4 Å². The van der Waals surface area contributed by atoms with Gasteiger partial charge in [0.2, 0.25) is 0 Å². The van der Waals surface area contributed by atoms with Gasteiger partial charge in [-0.3, -0.25) is 4.79 Å². The number of fused-ring (bicyclic) bond motifs is 3. The van der Waals surface area contributed by atoms with Gasteiger partial charge in [0.1, 0.15) is 17.3 Å². The van der Waals surface area contributed by atoms with Crippen LogP contribution in [0.15, 0.2) is 42.5 Å². The number of halogens is 3. The Morgan fingerprint density at radius 1 is 1.16 bits per heavy atom. The molecule has 2 aliphatic carbocycles. The molecule has 1 heterocycles. The first kappa shape index (κ1) is 19.8. The monoisotopic (exact) mass is 427 g/mol. The number of hydrogen-bond acceptors (Lipinski definition) is 3. The Morgan fingerprint density at radius 2 is 1.90 bits per heavy atom. The van der Waals surface area contributed by atoms with Crippen molar-refractivity contribution in [2.75, 3.05) is 6.61 Å². The molecule has 1 amide bonds. The average Bonchev–Trinajstić information content (AvgIpc) is 3.24. The Morgan fingerprint density at radius 3 is 2.61 bits per heavy atom. The molecule has 0 radical (unpaired) electrons. The fourth-order valence-corrected chi connectivity index (χ4v) is 4.51. The van der Waals surface area contributed by atoms with Crippen molar-refractivity contribution < 1.29 is 23.1 Å². The van der Waals surface area contributed by atoms with Gasteiger partial charge < -0.3 is 10.4 Å². The van der Waals surface area contributed by atoms with Crippen molar-refractivity contribution in [2.45, 2.75) is 31.2 Å². The highest BCUT2D eigenvalue weighted by Crippen LogP contribution is 2.57. The summed E-state index contributed by atoms with van der Waals surface area (Å²) in [6.07, 6.45) is 1.90. The zero-order chi connectivity index (χ0) is 21.7. The lowest BCUT2D eigenvalue weighted by atomic mass is 10.0.